The summed E-state index contributed by atoms with van der Waals surface area (Å²) in [4.78, 5) is 26.5. The lowest BCUT2D eigenvalue weighted by molar-refractivity contribution is -0.131. The molecular formula is C18H22ClN3O2. The molecule has 128 valence electrons. The molecule has 0 spiro atoms. The van der Waals surface area contributed by atoms with E-state index in [-0.39, 0.29) is 36.3 Å². The first-order valence-electron chi connectivity index (χ1n) is 8.25. The Hall–Kier alpha value is -1.85. The monoisotopic (exact) mass is 347 g/mol. The van der Waals surface area contributed by atoms with Gasteiger partial charge in [0, 0.05) is 36.8 Å². The quantitative estimate of drug-likeness (QED) is 0.897. The molecule has 0 radical (unpaired) electrons. The molecule has 2 fully saturated rings. The average Bonchev–Trinajstić information content (AvgIpc) is 3.13. The van der Waals surface area contributed by atoms with Gasteiger partial charge in [0.25, 0.3) is 0 Å². The molecule has 0 bridgehead atoms. The number of nitrogens with two attached hydrogens (primary N) is 1. The summed E-state index contributed by atoms with van der Waals surface area (Å²) < 4.78 is 1.87. The third-order valence-corrected chi connectivity index (χ3v) is 5.46. The molecule has 5 nitrogen and oxygen atoms in total. The van der Waals surface area contributed by atoms with Gasteiger partial charge in [-0.2, -0.15) is 0 Å². The molecule has 1 aliphatic heterocycles. The molecule has 1 saturated carbocycles. The number of amides is 1. The van der Waals surface area contributed by atoms with Crippen molar-refractivity contribution in [1.29, 1.82) is 0 Å². The van der Waals surface area contributed by atoms with Crippen LogP contribution in [0.3, 0.4) is 0 Å². The molecule has 1 amide bonds. The van der Waals surface area contributed by atoms with E-state index in [0.29, 0.717) is 17.2 Å². The SMILES string of the molecule is Cl.NC1CCC2CN(C(=O)Cn3ccc(=O)c4ccccc43)CC12. The number of nitrogens with zero attached hydrogens (tertiary/aromatic N) is 2. The van der Waals surface area contributed by atoms with Crippen molar-refractivity contribution in [2.75, 3.05) is 13.1 Å². The van der Waals surface area contributed by atoms with Gasteiger partial charge in [-0.25, -0.2) is 0 Å². The highest BCUT2D eigenvalue weighted by Gasteiger charge is 2.42. The van der Waals surface area contributed by atoms with E-state index in [4.69, 9.17) is 5.73 Å². The van der Waals surface area contributed by atoms with Crippen LogP contribution >= 0.6 is 12.4 Å². The second-order valence-corrected chi connectivity index (χ2v) is 6.79. The maximum absolute atomic E-state index is 12.7. The first kappa shape index (κ1) is 17.0. The molecule has 1 saturated heterocycles. The number of hydrogen-bond donors (Lipinski definition) is 1. The zero-order valence-corrected chi connectivity index (χ0v) is 14.2. The smallest absolute Gasteiger partial charge is 0.242 e. The lowest BCUT2D eigenvalue weighted by Crippen LogP contribution is -2.35. The van der Waals surface area contributed by atoms with E-state index < -0.39 is 0 Å². The van der Waals surface area contributed by atoms with E-state index in [1.54, 1.807) is 12.3 Å². The molecule has 6 heteroatoms. The van der Waals surface area contributed by atoms with Crippen LogP contribution in [0.2, 0.25) is 0 Å². The zero-order chi connectivity index (χ0) is 16.0. The van der Waals surface area contributed by atoms with Crippen LogP contribution < -0.4 is 11.2 Å². The third kappa shape index (κ3) is 2.82. The van der Waals surface area contributed by atoms with Crippen LogP contribution in [0.1, 0.15) is 12.8 Å². The Morgan fingerprint density at radius 3 is 2.75 bits per heavy atom. The van der Waals surface area contributed by atoms with Gasteiger partial charge >= 0.3 is 0 Å². The van der Waals surface area contributed by atoms with Crippen LogP contribution in [0.4, 0.5) is 0 Å². The van der Waals surface area contributed by atoms with E-state index in [1.807, 2.05) is 27.7 Å². The summed E-state index contributed by atoms with van der Waals surface area (Å²) in [5, 5.41) is 0.656. The van der Waals surface area contributed by atoms with Crippen LogP contribution in [-0.2, 0) is 11.3 Å². The van der Waals surface area contributed by atoms with Crippen molar-refractivity contribution in [1.82, 2.24) is 9.47 Å². The van der Waals surface area contributed by atoms with Crippen LogP contribution in [0.15, 0.2) is 41.3 Å². The number of para-hydroxylation sites is 1. The van der Waals surface area contributed by atoms with Crippen molar-refractivity contribution in [2.24, 2.45) is 17.6 Å². The standard InChI is InChI=1S/C18H21N3O2.ClH/c19-15-6-5-12-9-21(10-14(12)15)18(23)11-20-8-7-17(22)13-3-1-2-4-16(13)20;/h1-4,7-8,12,14-15H,5-6,9-11,19H2;1H. The van der Waals surface area contributed by atoms with Gasteiger partial charge in [-0.3, -0.25) is 9.59 Å². The van der Waals surface area contributed by atoms with Crippen LogP contribution in [0.25, 0.3) is 10.9 Å². The number of rotatable bonds is 2. The van der Waals surface area contributed by atoms with E-state index >= 15 is 0 Å². The van der Waals surface area contributed by atoms with E-state index in [1.165, 1.54) is 6.07 Å². The Kier molecular flexibility index (Phi) is 4.65. The Balaban J connectivity index is 0.00000169. The molecule has 1 aromatic carbocycles. The lowest BCUT2D eigenvalue weighted by Gasteiger charge is -2.20. The van der Waals surface area contributed by atoms with Crippen molar-refractivity contribution in [2.45, 2.75) is 25.4 Å². The number of carbonyl (C=O) groups excluding carboxylic acids is 1. The van der Waals surface area contributed by atoms with Gasteiger partial charge in [-0.15, -0.1) is 12.4 Å². The second-order valence-electron chi connectivity index (χ2n) is 6.79. The predicted octanol–water partition coefficient (Wildman–Crippen LogP) is 1.62. The van der Waals surface area contributed by atoms with Crippen LogP contribution in [0.5, 0.6) is 0 Å². The van der Waals surface area contributed by atoms with Gasteiger partial charge in [-0.05, 0) is 36.8 Å². The van der Waals surface area contributed by atoms with Gasteiger partial charge in [0.2, 0.25) is 5.91 Å². The minimum atomic E-state index is -0.00835. The number of hydrogen-bond acceptors (Lipinski definition) is 3. The maximum Gasteiger partial charge on any atom is 0.242 e. The molecular weight excluding hydrogens is 326 g/mol. The Morgan fingerprint density at radius 2 is 1.96 bits per heavy atom. The summed E-state index contributed by atoms with van der Waals surface area (Å²) >= 11 is 0. The highest BCUT2D eigenvalue weighted by Crippen LogP contribution is 2.37. The minimum absolute atomic E-state index is 0. The number of carbonyl (C=O) groups is 1. The summed E-state index contributed by atoms with van der Waals surface area (Å²) in [6.45, 7) is 1.88. The fourth-order valence-electron chi connectivity index (χ4n) is 4.15. The fraction of sp³-hybridized carbons (Fsp3) is 0.444. The van der Waals surface area contributed by atoms with E-state index in [2.05, 4.69) is 0 Å². The van der Waals surface area contributed by atoms with Gasteiger partial charge in [-0.1, -0.05) is 12.1 Å². The molecule has 2 heterocycles. The van der Waals surface area contributed by atoms with E-state index in [0.717, 1.165) is 31.4 Å². The normalized spacial score (nSPS) is 25.5. The van der Waals surface area contributed by atoms with Crippen molar-refractivity contribution in [3.05, 3.63) is 46.8 Å². The largest absolute Gasteiger partial charge is 0.341 e. The highest BCUT2D eigenvalue weighted by molar-refractivity contribution is 5.85. The van der Waals surface area contributed by atoms with Crippen molar-refractivity contribution >= 4 is 29.2 Å². The lowest BCUT2D eigenvalue weighted by atomic mass is 9.98. The fourth-order valence-corrected chi connectivity index (χ4v) is 4.15. The molecule has 1 aromatic heterocycles. The summed E-state index contributed by atoms with van der Waals surface area (Å²) in [5.41, 5.74) is 6.95. The molecule has 2 N–H and O–H groups in total. The molecule has 2 aliphatic rings. The predicted molar refractivity (Wildman–Crippen MR) is 96.2 cm³/mol. The summed E-state index contributed by atoms with van der Waals surface area (Å²) in [7, 11) is 0. The topological polar surface area (TPSA) is 68.3 Å². The van der Waals surface area contributed by atoms with Gasteiger partial charge in [0.05, 0.1) is 5.52 Å². The Bertz CT molecular complexity index is 819. The van der Waals surface area contributed by atoms with Crippen molar-refractivity contribution < 1.29 is 4.79 Å². The van der Waals surface area contributed by atoms with Crippen molar-refractivity contribution in [3.8, 4) is 0 Å². The van der Waals surface area contributed by atoms with Crippen LogP contribution in [-0.4, -0.2) is 34.5 Å². The summed E-state index contributed by atoms with van der Waals surface area (Å²) in [5.74, 6) is 1.14. The Labute approximate surface area is 146 Å². The van der Waals surface area contributed by atoms with Gasteiger partial charge < -0.3 is 15.2 Å². The highest BCUT2D eigenvalue weighted by atomic mass is 35.5. The number of halogens is 1. The maximum atomic E-state index is 12.7. The second kappa shape index (κ2) is 6.57. The zero-order valence-electron chi connectivity index (χ0n) is 13.4. The van der Waals surface area contributed by atoms with E-state index in [9.17, 15) is 9.59 Å². The number of aromatic nitrogens is 1. The number of benzene rings is 1. The molecule has 4 rings (SSSR count). The molecule has 1 aliphatic carbocycles. The first-order valence-corrected chi connectivity index (χ1v) is 8.25. The van der Waals surface area contributed by atoms with Gasteiger partial charge in [0.1, 0.15) is 6.54 Å². The molecule has 2 aromatic rings. The third-order valence-electron chi connectivity index (χ3n) is 5.46. The average molecular weight is 348 g/mol. The molecule has 3 atom stereocenters. The van der Waals surface area contributed by atoms with Gasteiger partial charge in [0.15, 0.2) is 5.43 Å². The first-order chi connectivity index (χ1) is 11.1. The summed E-state index contributed by atoms with van der Waals surface area (Å²) in [6.07, 6.45) is 3.93. The molecule has 24 heavy (non-hydrogen) atoms. The number of fused-ring (bicyclic) bond motifs is 2. The minimum Gasteiger partial charge on any atom is -0.341 e. The Morgan fingerprint density at radius 1 is 1.17 bits per heavy atom. The number of pyridine rings is 1. The summed E-state index contributed by atoms with van der Waals surface area (Å²) in [6, 6.07) is 9.20. The van der Waals surface area contributed by atoms with Crippen molar-refractivity contribution in [3.63, 3.8) is 0 Å². The van der Waals surface area contributed by atoms with Crippen LogP contribution in [0, 0.1) is 11.8 Å². The number of likely N-dealkylation sites (tertiary alicyclic amines) is 1. The molecule has 3 unspecified atom stereocenters.